The smallest absolute Gasteiger partial charge is 0.248 e. The fourth-order valence-electron chi connectivity index (χ4n) is 2.07. The van der Waals surface area contributed by atoms with Gasteiger partial charge in [0.25, 0.3) is 0 Å². The zero-order valence-corrected chi connectivity index (χ0v) is 13.2. The third kappa shape index (κ3) is 4.10. The number of anilines is 1. The molecule has 4 nitrogen and oxygen atoms in total. The standard InChI is InChI=1S/C18H18FNO3/c1-12-10-16(22-2)17(23-3)11-15(12)20-18(21)9-8-13-6-4-5-7-14(13)19/h4-11H,1-3H3,(H,20,21)/b9-8+. The quantitative estimate of drug-likeness (QED) is 0.854. The lowest BCUT2D eigenvalue weighted by atomic mass is 10.1. The van der Waals surface area contributed by atoms with Crippen LogP contribution in [0.15, 0.2) is 42.5 Å². The van der Waals surface area contributed by atoms with E-state index < -0.39 is 0 Å². The average molecular weight is 315 g/mol. The largest absolute Gasteiger partial charge is 0.493 e. The first-order valence-corrected chi connectivity index (χ1v) is 7.01. The molecule has 0 saturated carbocycles. The molecular formula is C18H18FNO3. The number of nitrogens with one attached hydrogen (secondary N) is 1. The van der Waals surface area contributed by atoms with Gasteiger partial charge in [-0.05, 0) is 30.7 Å². The summed E-state index contributed by atoms with van der Waals surface area (Å²) in [6, 6.07) is 9.70. The Morgan fingerprint density at radius 3 is 2.43 bits per heavy atom. The third-order valence-electron chi connectivity index (χ3n) is 3.31. The molecule has 5 heteroatoms. The maximum atomic E-state index is 13.5. The van der Waals surface area contributed by atoms with E-state index in [4.69, 9.17) is 9.47 Å². The average Bonchev–Trinajstić information content (AvgIpc) is 2.55. The van der Waals surface area contributed by atoms with E-state index in [1.165, 1.54) is 25.3 Å². The molecular weight excluding hydrogens is 297 g/mol. The van der Waals surface area contributed by atoms with Gasteiger partial charge in [-0.2, -0.15) is 0 Å². The summed E-state index contributed by atoms with van der Waals surface area (Å²) >= 11 is 0. The van der Waals surface area contributed by atoms with Crippen LogP contribution in [0.4, 0.5) is 10.1 Å². The maximum absolute atomic E-state index is 13.5. The molecule has 0 saturated heterocycles. The van der Waals surface area contributed by atoms with Crippen molar-refractivity contribution >= 4 is 17.7 Å². The van der Waals surface area contributed by atoms with Crippen molar-refractivity contribution < 1.29 is 18.7 Å². The number of amides is 1. The minimum absolute atomic E-state index is 0.353. The second-order valence-electron chi connectivity index (χ2n) is 4.87. The molecule has 2 rings (SSSR count). The lowest BCUT2D eigenvalue weighted by Gasteiger charge is -2.12. The first-order valence-electron chi connectivity index (χ1n) is 7.01. The third-order valence-corrected chi connectivity index (χ3v) is 3.31. The van der Waals surface area contributed by atoms with Crippen LogP contribution in [-0.2, 0) is 4.79 Å². The molecule has 0 bridgehead atoms. The van der Waals surface area contributed by atoms with Gasteiger partial charge in [-0.3, -0.25) is 4.79 Å². The van der Waals surface area contributed by atoms with Crippen LogP contribution in [0.2, 0.25) is 0 Å². The van der Waals surface area contributed by atoms with E-state index in [2.05, 4.69) is 5.32 Å². The van der Waals surface area contributed by atoms with Gasteiger partial charge in [0.2, 0.25) is 5.91 Å². The van der Waals surface area contributed by atoms with Crippen LogP contribution < -0.4 is 14.8 Å². The predicted octanol–water partition coefficient (Wildman–Crippen LogP) is 3.80. The van der Waals surface area contributed by atoms with E-state index >= 15 is 0 Å². The van der Waals surface area contributed by atoms with E-state index in [0.717, 1.165) is 5.56 Å². The van der Waals surface area contributed by atoms with Crippen molar-refractivity contribution in [3.63, 3.8) is 0 Å². The van der Waals surface area contributed by atoms with Crippen molar-refractivity contribution in [2.75, 3.05) is 19.5 Å². The van der Waals surface area contributed by atoms with Gasteiger partial charge in [-0.1, -0.05) is 18.2 Å². The molecule has 0 unspecified atom stereocenters. The van der Waals surface area contributed by atoms with Gasteiger partial charge < -0.3 is 14.8 Å². The van der Waals surface area contributed by atoms with Crippen molar-refractivity contribution in [1.82, 2.24) is 0 Å². The predicted molar refractivity (Wildman–Crippen MR) is 88.3 cm³/mol. The summed E-state index contributed by atoms with van der Waals surface area (Å²) in [7, 11) is 3.07. The Hall–Kier alpha value is -2.82. The van der Waals surface area contributed by atoms with Crippen LogP contribution in [0, 0.1) is 12.7 Å². The van der Waals surface area contributed by atoms with Crippen molar-refractivity contribution in [1.29, 1.82) is 0 Å². The second kappa shape index (κ2) is 7.45. The Balaban J connectivity index is 2.16. The summed E-state index contributed by atoms with van der Waals surface area (Å²) < 4.78 is 23.9. The Bertz CT molecular complexity index is 741. The highest BCUT2D eigenvalue weighted by Gasteiger charge is 2.10. The molecule has 23 heavy (non-hydrogen) atoms. The Labute approximate surface area is 134 Å². The summed E-state index contributed by atoms with van der Waals surface area (Å²) in [5.74, 6) is 0.374. The van der Waals surface area contributed by atoms with Gasteiger partial charge in [0.05, 0.1) is 14.2 Å². The van der Waals surface area contributed by atoms with Gasteiger partial charge in [-0.15, -0.1) is 0 Å². The molecule has 2 aromatic carbocycles. The van der Waals surface area contributed by atoms with Crippen LogP contribution >= 0.6 is 0 Å². The fraction of sp³-hybridized carbons (Fsp3) is 0.167. The molecule has 0 aliphatic rings. The van der Waals surface area contributed by atoms with E-state index in [1.54, 1.807) is 37.4 Å². The number of methoxy groups -OCH3 is 2. The molecule has 0 spiro atoms. The minimum atomic E-state index is -0.376. The molecule has 1 amide bonds. The number of benzene rings is 2. The van der Waals surface area contributed by atoms with Crippen LogP contribution in [0.1, 0.15) is 11.1 Å². The number of hydrogen-bond acceptors (Lipinski definition) is 3. The summed E-state index contributed by atoms with van der Waals surface area (Å²) in [5, 5.41) is 2.74. The number of rotatable bonds is 5. The van der Waals surface area contributed by atoms with E-state index in [0.29, 0.717) is 22.7 Å². The van der Waals surface area contributed by atoms with Gasteiger partial charge >= 0.3 is 0 Å². The van der Waals surface area contributed by atoms with E-state index in [1.807, 2.05) is 6.92 Å². The molecule has 0 fully saturated rings. The summed E-state index contributed by atoms with van der Waals surface area (Å²) in [6.07, 6.45) is 2.72. The molecule has 0 aliphatic carbocycles. The number of ether oxygens (including phenoxy) is 2. The molecule has 2 aromatic rings. The van der Waals surface area contributed by atoms with E-state index in [9.17, 15) is 9.18 Å². The second-order valence-corrected chi connectivity index (χ2v) is 4.87. The minimum Gasteiger partial charge on any atom is -0.493 e. The molecule has 120 valence electrons. The Morgan fingerprint density at radius 2 is 1.78 bits per heavy atom. The number of halogens is 1. The molecule has 0 aliphatic heterocycles. The van der Waals surface area contributed by atoms with E-state index in [-0.39, 0.29) is 11.7 Å². The van der Waals surface area contributed by atoms with Crippen LogP contribution in [0.5, 0.6) is 11.5 Å². The maximum Gasteiger partial charge on any atom is 0.248 e. The van der Waals surface area contributed by atoms with Crippen LogP contribution in [0.3, 0.4) is 0 Å². The van der Waals surface area contributed by atoms with Crippen molar-refractivity contribution in [3.05, 3.63) is 59.4 Å². The molecule has 0 radical (unpaired) electrons. The molecule has 0 heterocycles. The monoisotopic (exact) mass is 315 g/mol. The summed E-state index contributed by atoms with van der Waals surface area (Å²) in [5.41, 5.74) is 1.79. The highest BCUT2D eigenvalue weighted by atomic mass is 19.1. The first-order chi connectivity index (χ1) is 11.0. The van der Waals surface area contributed by atoms with Crippen LogP contribution in [0.25, 0.3) is 6.08 Å². The Kier molecular flexibility index (Phi) is 5.36. The van der Waals surface area contributed by atoms with Gasteiger partial charge in [0.1, 0.15) is 5.82 Å². The van der Waals surface area contributed by atoms with Gasteiger partial charge in [-0.25, -0.2) is 4.39 Å². The molecule has 0 aromatic heterocycles. The number of carbonyl (C=O) groups is 1. The molecule has 1 N–H and O–H groups in total. The lowest BCUT2D eigenvalue weighted by molar-refractivity contribution is -0.111. The van der Waals surface area contributed by atoms with Crippen molar-refractivity contribution in [2.45, 2.75) is 6.92 Å². The first kappa shape index (κ1) is 16.5. The van der Waals surface area contributed by atoms with Gasteiger partial charge in [0.15, 0.2) is 11.5 Å². The van der Waals surface area contributed by atoms with Crippen molar-refractivity contribution in [2.24, 2.45) is 0 Å². The topological polar surface area (TPSA) is 47.6 Å². The number of hydrogen-bond donors (Lipinski definition) is 1. The number of aryl methyl sites for hydroxylation is 1. The fourth-order valence-corrected chi connectivity index (χ4v) is 2.07. The highest BCUT2D eigenvalue weighted by Crippen LogP contribution is 2.32. The normalized spacial score (nSPS) is 10.6. The number of carbonyl (C=O) groups excluding carboxylic acids is 1. The summed E-state index contributed by atoms with van der Waals surface area (Å²) in [4.78, 5) is 12.0. The van der Waals surface area contributed by atoms with Crippen LogP contribution in [-0.4, -0.2) is 20.1 Å². The lowest BCUT2D eigenvalue weighted by Crippen LogP contribution is -2.09. The summed E-state index contributed by atoms with van der Waals surface area (Å²) in [6.45, 7) is 1.85. The highest BCUT2D eigenvalue weighted by molar-refractivity contribution is 6.02. The van der Waals surface area contributed by atoms with Gasteiger partial charge in [0, 0.05) is 23.4 Å². The Morgan fingerprint density at radius 1 is 1.13 bits per heavy atom. The van der Waals surface area contributed by atoms with Crippen molar-refractivity contribution in [3.8, 4) is 11.5 Å². The zero-order chi connectivity index (χ0) is 16.8. The molecule has 0 atom stereocenters. The zero-order valence-electron chi connectivity index (χ0n) is 13.2. The SMILES string of the molecule is COc1cc(C)c(NC(=O)/C=C/c2ccccc2F)cc1OC.